The molecule has 37 heavy (non-hydrogen) atoms. The minimum Gasteiger partial charge on any atom is -0.484 e. The molecule has 0 aliphatic carbocycles. The van der Waals surface area contributed by atoms with Crippen LogP contribution in [-0.4, -0.2) is 24.7 Å². The van der Waals surface area contributed by atoms with Crippen molar-refractivity contribution in [1.29, 1.82) is 0 Å². The number of hydrazone groups is 1. The normalized spacial score (nSPS) is 11.0. The number of benzene rings is 4. The number of amides is 1. The lowest BCUT2D eigenvalue weighted by molar-refractivity contribution is -0.123. The summed E-state index contributed by atoms with van der Waals surface area (Å²) in [5.74, 6) is 0.105. The number of unbranched alkanes of at least 4 members (excludes halogenated alkanes) is 1. The summed E-state index contributed by atoms with van der Waals surface area (Å²) >= 11 is 0. The van der Waals surface area contributed by atoms with Crippen molar-refractivity contribution < 1.29 is 19.1 Å². The van der Waals surface area contributed by atoms with Gasteiger partial charge in [0, 0.05) is 5.56 Å². The molecule has 0 heterocycles. The van der Waals surface area contributed by atoms with Crippen molar-refractivity contribution >= 4 is 28.9 Å². The Kier molecular flexibility index (Phi) is 8.66. The van der Waals surface area contributed by atoms with Gasteiger partial charge in [-0.25, -0.2) is 10.2 Å². The molecule has 0 aromatic heterocycles. The van der Waals surface area contributed by atoms with Crippen LogP contribution < -0.4 is 14.9 Å². The van der Waals surface area contributed by atoms with E-state index in [0.717, 1.165) is 35.6 Å². The van der Waals surface area contributed by atoms with E-state index in [4.69, 9.17) is 9.47 Å². The van der Waals surface area contributed by atoms with E-state index in [2.05, 4.69) is 17.5 Å². The third-order valence-corrected chi connectivity index (χ3v) is 5.92. The molecule has 6 nitrogen and oxygen atoms in total. The lowest BCUT2D eigenvalue weighted by atomic mass is 10.0. The van der Waals surface area contributed by atoms with Crippen LogP contribution in [0.2, 0.25) is 0 Å². The number of nitrogens with one attached hydrogen (secondary N) is 1. The van der Waals surface area contributed by atoms with Crippen LogP contribution in [0.1, 0.15) is 46.8 Å². The summed E-state index contributed by atoms with van der Waals surface area (Å²) in [5, 5.41) is 5.90. The molecule has 4 rings (SSSR count). The van der Waals surface area contributed by atoms with Crippen LogP contribution in [0.5, 0.6) is 11.5 Å². The Morgan fingerprint density at radius 3 is 2.43 bits per heavy atom. The predicted molar refractivity (Wildman–Crippen MR) is 146 cm³/mol. The fourth-order valence-corrected chi connectivity index (χ4v) is 3.83. The first kappa shape index (κ1) is 25.6. The van der Waals surface area contributed by atoms with E-state index in [0.29, 0.717) is 22.6 Å². The molecule has 6 heteroatoms. The molecule has 1 N–H and O–H groups in total. The highest BCUT2D eigenvalue weighted by Gasteiger charge is 2.13. The van der Waals surface area contributed by atoms with Crippen LogP contribution in [0.15, 0.2) is 90.0 Å². The quantitative estimate of drug-likeness (QED) is 0.123. The summed E-state index contributed by atoms with van der Waals surface area (Å²) < 4.78 is 11.3. The molecule has 188 valence electrons. The molecular formula is C31H30N2O4. The molecule has 0 spiro atoms. The monoisotopic (exact) mass is 494 g/mol. The zero-order valence-corrected chi connectivity index (χ0v) is 21.1. The van der Waals surface area contributed by atoms with Gasteiger partial charge >= 0.3 is 5.97 Å². The summed E-state index contributed by atoms with van der Waals surface area (Å²) in [4.78, 5) is 25.1. The SMILES string of the molecule is CCCCc1ccc(OCC(=O)N/N=C/c2c(OC(=O)c3ccc(C)cc3)ccc3ccccc23)cc1. The maximum absolute atomic E-state index is 12.7. The van der Waals surface area contributed by atoms with Gasteiger partial charge < -0.3 is 9.47 Å². The van der Waals surface area contributed by atoms with Crippen LogP contribution in [-0.2, 0) is 11.2 Å². The Balaban J connectivity index is 1.43. The van der Waals surface area contributed by atoms with Crippen LogP contribution in [0.4, 0.5) is 0 Å². The Bertz CT molecular complexity index is 1390. The van der Waals surface area contributed by atoms with Gasteiger partial charge in [0.05, 0.1) is 11.8 Å². The summed E-state index contributed by atoms with van der Waals surface area (Å²) in [6.07, 6.45) is 4.81. The van der Waals surface area contributed by atoms with E-state index in [9.17, 15) is 9.59 Å². The Hall–Kier alpha value is -4.45. The Morgan fingerprint density at radius 2 is 1.68 bits per heavy atom. The van der Waals surface area contributed by atoms with Crippen molar-refractivity contribution in [2.75, 3.05) is 6.61 Å². The first-order chi connectivity index (χ1) is 18.0. The smallest absolute Gasteiger partial charge is 0.343 e. The van der Waals surface area contributed by atoms with Gasteiger partial charge in [-0.1, -0.05) is 73.5 Å². The number of hydrogen-bond donors (Lipinski definition) is 1. The van der Waals surface area contributed by atoms with E-state index >= 15 is 0 Å². The number of aryl methyl sites for hydroxylation is 2. The van der Waals surface area contributed by atoms with Gasteiger partial charge in [0.15, 0.2) is 6.61 Å². The van der Waals surface area contributed by atoms with Crippen LogP contribution in [0, 0.1) is 6.92 Å². The fourth-order valence-electron chi connectivity index (χ4n) is 3.83. The number of fused-ring (bicyclic) bond motifs is 1. The van der Waals surface area contributed by atoms with Gasteiger partial charge in [-0.15, -0.1) is 0 Å². The second kappa shape index (κ2) is 12.5. The second-order valence-electron chi connectivity index (χ2n) is 8.78. The molecule has 0 radical (unpaired) electrons. The Morgan fingerprint density at radius 1 is 0.919 bits per heavy atom. The molecule has 0 aliphatic rings. The maximum atomic E-state index is 12.7. The Labute approximate surface area is 216 Å². The van der Waals surface area contributed by atoms with E-state index in [1.165, 1.54) is 11.8 Å². The summed E-state index contributed by atoms with van der Waals surface area (Å²) in [6, 6.07) is 26.2. The van der Waals surface area contributed by atoms with Crippen molar-refractivity contribution in [3.05, 3.63) is 107 Å². The zero-order chi connectivity index (χ0) is 26.0. The minimum absolute atomic E-state index is 0.170. The van der Waals surface area contributed by atoms with Crippen LogP contribution in [0.3, 0.4) is 0 Å². The van der Waals surface area contributed by atoms with Crippen molar-refractivity contribution in [2.24, 2.45) is 5.10 Å². The number of hydrogen-bond acceptors (Lipinski definition) is 5. The zero-order valence-electron chi connectivity index (χ0n) is 21.1. The van der Waals surface area contributed by atoms with Crippen LogP contribution in [0.25, 0.3) is 10.8 Å². The number of rotatable bonds is 10. The van der Waals surface area contributed by atoms with E-state index in [-0.39, 0.29) is 6.61 Å². The highest BCUT2D eigenvalue weighted by atomic mass is 16.5. The number of ether oxygens (including phenoxy) is 2. The topological polar surface area (TPSA) is 77.0 Å². The first-order valence-electron chi connectivity index (χ1n) is 12.4. The molecule has 4 aromatic rings. The largest absolute Gasteiger partial charge is 0.484 e. The van der Waals surface area contributed by atoms with E-state index in [1.54, 1.807) is 18.2 Å². The lowest BCUT2D eigenvalue weighted by Crippen LogP contribution is -2.24. The molecular weight excluding hydrogens is 464 g/mol. The van der Waals surface area contributed by atoms with Gasteiger partial charge in [0.25, 0.3) is 5.91 Å². The highest BCUT2D eigenvalue weighted by Crippen LogP contribution is 2.27. The van der Waals surface area contributed by atoms with Crippen molar-refractivity contribution in [2.45, 2.75) is 33.1 Å². The number of nitrogens with zero attached hydrogens (tertiary/aromatic N) is 1. The van der Waals surface area contributed by atoms with Gasteiger partial charge in [0.1, 0.15) is 11.5 Å². The minimum atomic E-state index is -0.469. The molecule has 1 amide bonds. The molecule has 0 saturated heterocycles. The van der Waals surface area contributed by atoms with E-state index in [1.807, 2.05) is 73.7 Å². The molecule has 0 unspecified atom stereocenters. The van der Waals surface area contributed by atoms with Crippen molar-refractivity contribution in [1.82, 2.24) is 5.43 Å². The molecule has 0 atom stereocenters. The van der Waals surface area contributed by atoms with Gasteiger partial charge in [-0.05, 0) is 66.4 Å². The second-order valence-corrected chi connectivity index (χ2v) is 8.78. The van der Waals surface area contributed by atoms with Gasteiger partial charge in [-0.3, -0.25) is 4.79 Å². The van der Waals surface area contributed by atoms with Crippen LogP contribution >= 0.6 is 0 Å². The maximum Gasteiger partial charge on any atom is 0.343 e. The van der Waals surface area contributed by atoms with Crippen molar-refractivity contribution in [3.63, 3.8) is 0 Å². The predicted octanol–water partition coefficient (Wildman–Crippen LogP) is 6.24. The fraction of sp³-hybridized carbons (Fsp3) is 0.194. The van der Waals surface area contributed by atoms with Gasteiger partial charge in [0.2, 0.25) is 0 Å². The van der Waals surface area contributed by atoms with E-state index < -0.39 is 11.9 Å². The third kappa shape index (κ3) is 7.04. The molecule has 4 aromatic carbocycles. The number of esters is 1. The average Bonchev–Trinajstić information content (AvgIpc) is 2.92. The molecule has 0 fully saturated rings. The average molecular weight is 495 g/mol. The summed E-state index contributed by atoms with van der Waals surface area (Å²) in [7, 11) is 0. The molecule has 0 saturated carbocycles. The third-order valence-electron chi connectivity index (χ3n) is 5.92. The highest BCUT2D eigenvalue weighted by molar-refractivity contribution is 6.04. The first-order valence-corrected chi connectivity index (χ1v) is 12.4. The summed E-state index contributed by atoms with van der Waals surface area (Å²) in [6.45, 7) is 3.95. The lowest BCUT2D eigenvalue weighted by Gasteiger charge is -2.11. The number of carbonyl (C=O) groups is 2. The molecule has 0 aliphatic heterocycles. The number of carbonyl (C=O) groups excluding carboxylic acids is 2. The van der Waals surface area contributed by atoms with Crippen molar-refractivity contribution in [3.8, 4) is 11.5 Å². The van der Waals surface area contributed by atoms with Gasteiger partial charge in [-0.2, -0.15) is 5.10 Å². The molecule has 0 bridgehead atoms. The standard InChI is InChI=1S/C31H30N2O4/c1-3-4-7-23-12-17-26(18-13-23)36-21-30(34)33-32-20-28-27-9-6-5-8-24(27)16-19-29(28)37-31(35)25-14-10-22(2)11-15-25/h5-6,8-20H,3-4,7,21H2,1-2H3,(H,33,34)/b32-20+. The summed E-state index contributed by atoms with van der Waals surface area (Å²) in [5.41, 5.74) is 5.83.